The molecule has 1 spiro atoms. The van der Waals surface area contributed by atoms with Crippen LogP contribution >= 0.6 is 11.8 Å². The molecule has 1 atom stereocenters. The predicted molar refractivity (Wildman–Crippen MR) is 85.3 cm³/mol. The van der Waals surface area contributed by atoms with Gasteiger partial charge in [0.05, 0.1) is 11.0 Å². The van der Waals surface area contributed by atoms with E-state index in [-0.39, 0.29) is 10.9 Å². The Morgan fingerprint density at radius 1 is 1.24 bits per heavy atom. The Balaban J connectivity index is 1.76. The molecule has 2 fully saturated rings. The van der Waals surface area contributed by atoms with Gasteiger partial charge in [-0.25, -0.2) is 8.42 Å². The molecule has 2 aliphatic rings. The molecule has 21 heavy (non-hydrogen) atoms. The first kappa shape index (κ1) is 15.3. The molecule has 3 rings (SSSR count). The lowest BCUT2D eigenvalue weighted by Gasteiger charge is -2.46. The molecule has 1 unspecified atom stereocenters. The van der Waals surface area contributed by atoms with Crippen LogP contribution < -0.4 is 0 Å². The molecule has 0 bridgehead atoms. The minimum atomic E-state index is -3.36. The Morgan fingerprint density at radius 3 is 2.38 bits per heavy atom. The highest BCUT2D eigenvalue weighted by Gasteiger charge is 2.53. The van der Waals surface area contributed by atoms with Gasteiger partial charge in [-0.15, -0.1) is 11.8 Å². The van der Waals surface area contributed by atoms with Crippen molar-refractivity contribution in [1.29, 1.82) is 0 Å². The highest BCUT2D eigenvalue weighted by molar-refractivity contribution is 8.01. The smallest absolute Gasteiger partial charge is 0.243 e. The second kappa shape index (κ2) is 5.26. The molecule has 116 valence electrons. The molecule has 0 radical (unpaired) electrons. The average molecular weight is 327 g/mol. The standard InChI is InChI=1S/C15H21NO3S2/c1-11-4-12(2)6-14(5-11)21(17,18)16-9-15(10-16)7-13(19-3)8-20-15/h4-6,13H,7-10H2,1-3H3. The number of hydrogen-bond donors (Lipinski definition) is 0. The number of aryl methyl sites for hydroxylation is 2. The molecule has 2 heterocycles. The van der Waals surface area contributed by atoms with E-state index in [4.69, 9.17) is 4.74 Å². The summed E-state index contributed by atoms with van der Waals surface area (Å²) in [6, 6.07) is 5.51. The zero-order chi connectivity index (χ0) is 15.3. The molecule has 6 heteroatoms. The monoisotopic (exact) mass is 327 g/mol. The van der Waals surface area contributed by atoms with Gasteiger partial charge in [0.25, 0.3) is 0 Å². The third-order valence-electron chi connectivity index (χ3n) is 4.27. The number of thioether (sulfide) groups is 1. The van der Waals surface area contributed by atoms with Crippen molar-refractivity contribution in [1.82, 2.24) is 4.31 Å². The van der Waals surface area contributed by atoms with Crippen LogP contribution in [0.4, 0.5) is 0 Å². The van der Waals surface area contributed by atoms with E-state index in [2.05, 4.69) is 0 Å². The maximum absolute atomic E-state index is 12.7. The van der Waals surface area contributed by atoms with E-state index >= 15 is 0 Å². The van der Waals surface area contributed by atoms with Crippen LogP contribution in [0.1, 0.15) is 17.5 Å². The van der Waals surface area contributed by atoms with Crippen molar-refractivity contribution in [3.8, 4) is 0 Å². The van der Waals surface area contributed by atoms with Crippen LogP contribution in [0.5, 0.6) is 0 Å². The van der Waals surface area contributed by atoms with Crippen molar-refractivity contribution >= 4 is 21.8 Å². The van der Waals surface area contributed by atoms with Gasteiger partial charge in [0.15, 0.2) is 0 Å². The molecule has 0 aromatic heterocycles. The molecule has 0 N–H and O–H groups in total. The Bertz CT molecular complexity index is 631. The second-order valence-corrected chi connectivity index (χ2v) is 9.58. The average Bonchev–Trinajstić information content (AvgIpc) is 2.80. The molecule has 0 saturated carbocycles. The Morgan fingerprint density at radius 2 is 1.86 bits per heavy atom. The van der Waals surface area contributed by atoms with Gasteiger partial charge in [-0.1, -0.05) is 6.07 Å². The van der Waals surface area contributed by atoms with Gasteiger partial charge < -0.3 is 4.74 Å². The van der Waals surface area contributed by atoms with Crippen molar-refractivity contribution in [2.75, 3.05) is 26.0 Å². The fourth-order valence-corrected chi connectivity index (χ4v) is 6.73. The lowest BCUT2D eigenvalue weighted by Crippen LogP contribution is -2.60. The predicted octanol–water partition coefficient (Wildman–Crippen LogP) is 2.20. The lowest BCUT2D eigenvalue weighted by atomic mass is 9.96. The van der Waals surface area contributed by atoms with Crippen molar-refractivity contribution in [2.24, 2.45) is 0 Å². The first-order valence-corrected chi connectivity index (χ1v) is 9.52. The summed E-state index contributed by atoms with van der Waals surface area (Å²) in [4.78, 5) is 0.418. The summed E-state index contributed by atoms with van der Waals surface area (Å²) in [5.41, 5.74) is 1.97. The number of methoxy groups -OCH3 is 1. The van der Waals surface area contributed by atoms with Crippen LogP contribution in [0.15, 0.2) is 23.1 Å². The lowest BCUT2D eigenvalue weighted by molar-refractivity contribution is 0.0931. The van der Waals surface area contributed by atoms with E-state index in [0.717, 1.165) is 23.3 Å². The van der Waals surface area contributed by atoms with E-state index in [1.54, 1.807) is 23.5 Å². The van der Waals surface area contributed by atoms with Crippen LogP contribution in [0.3, 0.4) is 0 Å². The molecule has 0 amide bonds. The molecular weight excluding hydrogens is 306 g/mol. The van der Waals surface area contributed by atoms with Gasteiger partial charge in [-0.05, 0) is 43.5 Å². The Labute approximate surface area is 130 Å². The number of sulfonamides is 1. The van der Waals surface area contributed by atoms with Gasteiger partial charge in [-0.2, -0.15) is 4.31 Å². The number of benzene rings is 1. The molecule has 2 saturated heterocycles. The molecule has 1 aromatic carbocycles. The zero-order valence-corrected chi connectivity index (χ0v) is 14.3. The zero-order valence-electron chi connectivity index (χ0n) is 12.6. The number of nitrogens with zero attached hydrogens (tertiary/aromatic N) is 1. The van der Waals surface area contributed by atoms with E-state index < -0.39 is 10.0 Å². The first-order chi connectivity index (χ1) is 9.84. The third-order valence-corrected chi connectivity index (χ3v) is 7.62. The largest absolute Gasteiger partial charge is 0.381 e. The highest BCUT2D eigenvalue weighted by atomic mass is 32.2. The SMILES string of the molecule is COC1CSC2(C1)CN(S(=O)(=O)c1cc(C)cc(C)c1)C2. The maximum atomic E-state index is 12.7. The quantitative estimate of drug-likeness (QED) is 0.854. The molecular formula is C15H21NO3S2. The summed E-state index contributed by atoms with van der Waals surface area (Å²) in [5.74, 6) is 0.966. The topological polar surface area (TPSA) is 46.6 Å². The fourth-order valence-electron chi connectivity index (χ4n) is 3.17. The summed E-state index contributed by atoms with van der Waals surface area (Å²) in [6.07, 6.45) is 1.22. The van der Waals surface area contributed by atoms with Gasteiger partial charge >= 0.3 is 0 Å². The summed E-state index contributed by atoms with van der Waals surface area (Å²) < 4.78 is 32.5. The molecule has 2 aliphatic heterocycles. The summed E-state index contributed by atoms with van der Waals surface area (Å²) >= 11 is 1.85. The number of rotatable bonds is 3. The van der Waals surface area contributed by atoms with E-state index in [0.29, 0.717) is 18.0 Å². The van der Waals surface area contributed by atoms with Crippen LogP contribution in [0.25, 0.3) is 0 Å². The fraction of sp³-hybridized carbons (Fsp3) is 0.600. The van der Waals surface area contributed by atoms with Crippen molar-refractivity contribution in [3.63, 3.8) is 0 Å². The van der Waals surface area contributed by atoms with E-state index in [1.165, 1.54) is 0 Å². The van der Waals surface area contributed by atoms with Crippen molar-refractivity contribution < 1.29 is 13.2 Å². The molecule has 1 aromatic rings. The normalized spacial score (nSPS) is 25.2. The maximum Gasteiger partial charge on any atom is 0.243 e. The molecule has 0 aliphatic carbocycles. The minimum absolute atomic E-state index is 0.0760. The van der Waals surface area contributed by atoms with Crippen LogP contribution in [-0.4, -0.2) is 49.5 Å². The van der Waals surface area contributed by atoms with Gasteiger partial charge in [-0.3, -0.25) is 0 Å². The van der Waals surface area contributed by atoms with Crippen molar-refractivity contribution in [2.45, 2.75) is 36.0 Å². The van der Waals surface area contributed by atoms with E-state index in [9.17, 15) is 8.42 Å². The molecule has 4 nitrogen and oxygen atoms in total. The highest BCUT2D eigenvalue weighted by Crippen LogP contribution is 2.47. The number of hydrogen-bond acceptors (Lipinski definition) is 4. The summed E-state index contributed by atoms with van der Waals surface area (Å²) in [6.45, 7) is 5.07. The van der Waals surface area contributed by atoms with Gasteiger partial charge in [0.1, 0.15) is 0 Å². The van der Waals surface area contributed by atoms with Gasteiger partial charge in [0.2, 0.25) is 10.0 Å². The summed E-state index contributed by atoms with van der Waals surface area (Å²) in [7, 11) is -1.63. The first-order valence-electron chi connectivity index (χ1n) is 7.10. The Kier molecular flexibility index (Phi) is 3.84. The second-order valence-electron chi connectivity index (χ2n) is 6.15. The van der Waals surface area contributed by atoms with Crippen LogP contribution in [0, 0.1) is 13.8 Å². The van der Waals surface area contributed by atoms with Crippen molar-refractivity contribution in [3.05, 3.63) is 29.3 Å². The summed E-state index contributed by atoms with van der Waals surface area (Å²) in [5, 5.41) is 0. The van der Waals surface area contributed by atoms with E-state index in [1.807, 2.05) is 31.7 Å². The van der Waals surface area contributed by atoms with Crippen LogP contribution in [0.2, 0.25) is 0 Å². The Hall–Kier alpha value is -0.560. The third kappa shape index (κ3) is 2.74. The number of ether oxygens (including phenoxy) is 1. The minimum Gasteiger partial charge on any atom is -0.381 e. The van der Waals surface area contributed by atoms with Crippen LogP contribution in [-0.2, 0) is 14.8 Å². The van der Waals surface area contributed by atoms with Gasteiger partial charge in [0, 0.05) is 30.7 Å².